The first kappa shape index (κ1) is 33.4. The number of carbonyl (C=O) groups is 2. The van der Waals surface area contributed by atoms with E-state index in [1.807, 2.05) is 0 Å². The minimum atomic E-state index is -4.28. The number of nitrogens with one attached hydrogen (secondary N) is 1. The second-order valence-electron chi connectivity index (χ2n) is 10.4. The normalized spacial score (nSPS) is 14.6. The van der Waals surface area contributed by atoms with Gasteiger partial charge in [0.2, 0.25) is 11.8 Å². The van der Waals surface area contributed by atoms with Crippen molar-refractivity contribution in [1.82, 2.24) is 10.2 Å². The second kappa shape index (κ2) is 15.0. The van der Waals surface area contributed by atoms with E-state index >= 15 is 0 Å². The van der Waals surface area contributed by atoms with E-state index < -0.39 is 28.5 Å². The lowest BCUT2D eigenvalue weighted by Crippen LogP contribution is -2.54. The summed E-state index contributed by atoms with van der Waals surface area (Å²) in [6.45, 7) is 1.05. The Kier molecular flexibility index (Phi) is 11.6. The zero-order valence-corrected chi connectivity index (χ0v) is 27.5. The van der Waals surface area contributed by atoms with Crippen molar-refractivity contribution in [2.75, 3.05) is 10.8 Å². The Morgan fingerprint density at radius 1 is 0.884 bits per heavy atom. The standard InChI is InChI=1S/C31H33Cl4N3O4S/c1-2-28(31(40)36-22-10-5-3-6-11-22)37(19-24-25(33)14-9-15-26(24)34)30(39)20-38(29-17-16-21(32)18-27(29)35)43(41,42)23-12-7-4-8-13-23/h4,7-9,12-18,22,28H,2-3,5-6,10-11,19-20H2,1H3,(H,36,40). The Hall–Kier alpha value is -2.49. The molecule has 0 bridgehead atoms. The molecule has 1 fully saturated rings. The van der Waals surface area contributed by atoms with Gasteiger partial charge in [0.15, 0.2) is 0 Å². The number of hydrogen-bond donors (Lipinski definition) is 1. The Morgan fingerprint density at radius 2 is 1.53 bits per heavy atom. The number of amides is 2. The summed E-state index contributed by atoms with van der Waals surface area (Å²) in [7, 11) is -4.28. The van der Waals surface area contributed by atoms with Gasteiger partial charge < -0.3 is 10.2 Å². The van der Waals surface area contributed by atoms with Crippen LogP contribution in [-0.2, 0) is 26.2 Å². The van der Waals surface area contributed by atoms with Crippen LogP contribution in [0.15, 0.2) is 71.6 Å². The summed E-state index contributed by atoms with van der Waals surface area (Å²) >= 11 is 25.6. The highest BCUT2D eigenvalue weighted by atomic mass is 35.5. The molecular weight excluding hydrogens is 652 g/mol. The van der Waals surface area contributed by atoms with Crippen LogP contribution in [0.3, 0.4) is 0 Å². The van der Waals surface area contributed by atoms with Gasteiger partial charge in [-0.3, -0.25) is 13.9 Å². The van der Waals surface area contributed by atoms with Crippen molar-refractivity contribution in [1.29, 1.82) is 0 Å². The molecule has 230 valence electrons. The molecule has 0 aliphatic heterocycles. The number of carbonyl (C=O) groups excluding carboxylic acids is 2. The fourth-order valence-electron chi connectivity index (χ4n) is 5.23. The summed E-state index contributed by atoms with van der Waals surface area (Å²) < 4.78 is 28.9. The highest BCUT2D eigenvalue weighted by Crippen LogP contribution is 2.34. The van der Waals surface area contributed by atoms with Gasteiger partial charge in [-0.15, -0.1) is 0 Å². The van der Waals surface area contributed by atoms with Crippen molar-refractivity contribution in [2.45, 2.75) is 69.0 Å². The molecule has 0 spiro atoms. The molecule has 0 saturated heterocycles. The molecule has 1 saturated carbocycles. The van der Waals surface area contributed by atoms with E-state index in [1.165, 1.54) is 35.2 Å². The van der Waals surface area contributed by atoms with Crippen LogP contribution in [0, 0.1) is 0 Å². The van der Waals surface area contributed by atoms with Crippen LogP contribution in [0.4, 0.5) is 5.69 Å². The summed E-state index contributed by atoms with van der Waals surface area (Å²) in [5, 5.41) is 4.10. The molecule has 1 aliphatic carbocycles. The zero-order chi connectivity index (χ0) is 31.1. The Balaban J connectivity index is 1.75. The lowest BCUT2D eigenvalue weighted by Gasteiger charge is -2.35. The van der Waals surface area contributed by atoms with Crippen LogP contribution in [-0.4, -0.2) is 43.8 Å². The van der Waals surface area contributed by atoms with Crippen LogP contribution in [0.25, 0.3) is 0 Å². The Bertz CT molecular complexity index is 1530. The molecule has 1 N–H and O–H groups in total. The zero-order valence-electron chi connectivity index (χ0n) is 23.6. The number of halogens is 4. The summed E-state index contributed by atoms with van der Waals surface area (Å²) in [6.07, 6.45) is 5.18. The minimum Gasteiger partial charge on any atom is -0.352 e. The molecule has 2 amide bonds. The lowest BCUT2D eigenvalue weighted by molar-refractivity contribution is -0.140. The number of anilines is 1. The third kappa shape index (κ3) is 8.17. The topological polar surface area (TPSA) is 86.8 Å². The van der Waals surface area contributed by atoms with Gasteiger partial charge in [0.25, 0.3) is 10.0 Å². The molecule has 3 aromatic rings. The molecule has 1 atom stereocenters. The third-order valence-electron chi connectivity index (χ3n) is 7.52. The predicted octanol–water partition coefficient (Wildman–Crippen LogP) is 7.75. The Labute approximate surface area is 273 Å². The van der Waals surface area contributed by atoms with E-state index in [9.17, 15) is 18.0 Å². The van der Waals surface area contributed by atoms with Gasteiger partial charge in [0.05, 0.1) is 15.6 Å². The largest absolute Gasteiger partial charge is 0.352 e. The molecule has 43 heavy (non-hydrogen) atoms. The molecule has 0 radical (unpaired) electrons. The molecular formula is C31H33Cl4N3O4S. The SMILES string of the molecule is CCC(C(=O)NC1CCCCC1)N(Cc1c(Cl)cccc1Cl)C(=O)CN(c1ccc(Cl)cc1Cl)S(=O)(=O)c1ccccc1. The molecule has 3 aromatic carbocycles. The van der Waals surface area contributed by atoms with Crippen molar-refractivity contribution < 1.29 is 18.0 Å². The number of hydrogen-bond acceptors (Lipinski definition) is 4. The number of sulfonamides is 1. The third-order valence-corrected chi connectivity index (χ3v) is 10.5. The predicted molar refractivity (Wildman–Crippen MR) is 174 cm³/mol. The van der Waals surface area contributed by atoms with Crippen molar-refractivity contribution in [2.24, 2.45) is 0 Å². The van der Waals surface area contributed by atoms with Crippen LogP contribution in [0.1, 0.15) is 51.0 Å². The van der Waals surface area contributed by atoms with Gasteiger partial charge in [0, 0.05) is 33.2 Å². The maximum absolute atomic E-state index is 14.3. The lowest BCUT2D eigenvalue weighted by atomic mass is 9.95. The first-order valence-corrected chi connectivity index (χ1v) is 17.0. The highest BCUT2D eigenvalue weighted by molar-refractivity contribution is 7.92. The van der Waals surface area contributed by atoms with Crippen molar-refractivity contribution in [3.05, 3.63) is 92.4 Å². The number of benzene rings is 3. The van der Waals surface area contributed by atoms with E-state index in [1.54, 1.807) is 43.3 Å². The second-order valence-corrected chi connectivity index (χ2v) is 13.9. The molecule has 0 heterocycles. The monoisotopic (exact) mass is 683 g/mol. The number of rotatable bonds is 11. The average molecular weight is 686 g/mol. The van der Waals surface area contributed by atoms with E-state index in [4.69, 9.17) is 46.4 Å². The van der Waals surface area contributed by atoms with Crippen LogP contribution in [0.2, 0.25) is 20.1 Å². The fourth-order valence-corrected chi connectivity index (χ4v) is 7.77. The van der Waals surface area contributed by atoms with Crippen LogP contribution < -0.4 is 9.62 Å². The van der Waals surface area contributed by atoms with Gasteiger partial charge >= 0.3 is 0 Å². The molecule has 7 nitrogen and oxygen atoms in total. The summed E-state index contributed by atoms with van der Waals surface area (Å²) in [5.74, 6) is -0.944. The van der Waals surface area contributed by atoms with E-state index in [0.717, 1.165) is 36.4 Å². The smallest absolute Gasteiger partial charge is 0.264 e. The summed E-state index contributed by atoms with van der Waals surface area (Å²) in [5.41, 5.74) is 0.517. The van der Waals surface area contributed by atoms with Crippen molar-refractivity contribution >= 4 is 73.9 Å². The number of nitrogens with zero attached hydrogens (tertiary/aromatic N) is 2. The van der Waals surface area contributed by atoms with Crippen molar-refractivity contribution in [3.8, 4) is 0 Å². The van der Waals surface area contributed by atoms with Crippen LogP contribution >= 0.6 is 46.4 Å². The van der Waals surface area contributed by atoms with Gasteiger partial charge in [0.1, 0.15) is 12.6 Å². The first-order valence-electron chi connectivity index (χ1n) is 14.1. The first-order chi connectivity index (χ1) is 20.5. The van der Waals surface area contributed by atoms with Crippen molar-refractivity contribution in [3.63, 3.8) is 0 Å². The minimum absolute atomic E-state index is 0.0129. The fraction of sp³-hybridized carbons (Fsp3) is 0.355. The molecule has 1 aliphatic rings. The molecule has 1 unspecified atom stereocenters. The maximum Gasteiger partial charge on any atom is 0.264 e. The van der Waals surface area contributed by atoms with Gasteiger partial charge in [-0.1, -0.05) is 96.9 Å². The quantitative estimate of drug-likeness (QED) is 0.224. The maximum atomic E-state index is 14.3. The van der Waals surface area contributed by atoms with Crippen LogP contribution in [0.5, 0.6) is 0 Å². The van der Waals surface area contributed by atoms with E-state index in [2.05, 4.69) is 5.32 Å². The summed E-state index contributed by atoms with van der Waals surface area (Å²) in [4.78, 5) is 29.3. The summed E-state index contributed by atoms with van der Waals surface area (Å²) in [6, 6.07) is 16.2. The molecule has 12 heteroatoms. The van der Waals surface area contributed by atoms with Gasteiger partial charge in [-0.2, -0.15) is 0 Å². The highest BCUT2D eigenvalue weighted by Gasteiger charge is 2.35. The molecule has 4 rings (SSSR count). The van der Waals surface area contributed by atoms with Gasteiger partial charge in [-0.05, 0) is 61.7 Å². The van der Waals surface area contributed by atoms with E-state index in [-0.39, 0.29) is 40.5 Å². The Morgan fingerprint density at radius 3 is 2.14 bits per heavy atom. The molecule has 0 aromatic heterocycles. The van der Waals surface area contributed by atoms with Gasteiger partial charge in [-0.25, -0.2) is 8.42 Å². The van der Waals surface area contributed by atoms with E-state index in [0.29, 0.717) is 20.6 Å². The average Bonchev–Trinajstić information content (AvgIpc) is 2.98.